The number of ether oxygens (including phenoxy) is 1. The van der Waals surface area contributed by atoms with E-state index in [0.29, 0.717) is 11.8 Å². The summed E-state index contributed by atoms with van der Waals surface area (Å²) in [6.45, 7) is 6.96. The second-order valence-electron chi connectivity index (χ2n) is 5.45. The molecule has 0 atom stereocenters. The highest BCUT2D eigenvalue weighted by molar-refractivity contribution is 6.17. The Morgan fingerprint density at radius 1 is 1.37 bits per heavy atom. The van der Waals surface area contributed by atoms with E-state index in [2.05, 4.69) is 29.9 Å². The molecule has 1 aliphatic rings. The predicted octanol–water partition coefficient (Wildman–Crippen LogP) is 3.30. The van der Waals surface area contributed by atoms with Crippen molar-refractivity contribution < 1.29 is 4.74 Å². The van der Waals surface area contributed by atoms with Crippen LogP contribution in [0, 0.1) is 19.8 Å². The maximum atomic E-state index is 6.09. The van der Waals surface area contributed by atoms with Gasteiger partial charge in [-0.3, -0.25) is 0 Å². The van der Waals surface area contributed by atoms with Crippen molar-refractivity contribution in [3.05, 3.63) is 22.9 Å². The third-order valence-corrected chi connectivity index (χ3v) is 4.09. The fourth-order valence-corrected chi connectivity index (χ4v) is 3.06. The van der Waals surface area contributed by atoms with Gasteiger partial charge in [0.05, 0.1) is 5.88 Å². The number of nitrogens with zero attached hydrogens (tertiary/aromatic N) is 2. The van der Waals surface area contributed by atoms with Crippen LogP contribution in [0.1, 0.15) is 29.7 Å². The lowest BCUT2D eigenvalue weighted by Gasteiger charge is -2.29. The molecule has 0 N–H and O–H groups in total. The number of aryl methyl sites for hydroxylation is 2. The molecule has 3 nitrogen and oxygen atoms in total. The minimum Gasteiger partial charge on any atom is -0.381 e. The first-order valence-corrected chi connectivity index (χ1v) is 7.47. The molecule has 0 spiro atoms. The lowest BCUT2D eigenvalue weighted by atomic mass is 9.99. The third-order valence-electron chi connectivity index (χ3n) is 3.82. The van der Waals surface area contributed by atoms with Gasteiger partial charge in [0.2, 0.25) is 0 Å². The van der Waals surface area contributed by atoms with Gasteiger partial charge in [0, 0.05) is 38.1 Å². The molecule has 0 amide bonds. The number of rotatable bonds is 4. The highest BCUT2D eigenvalue weighted by Crippen LogP contribution is 2.25. The fraction of sp³-hybridized carbons (Fsp3) is 0.667. The van der Waals surface area contributed by atoms with Gasteiger partial charge >= 0.3 is 0 Å². The molecule has 2 heterocycles. The van der Waals surface area contributed by atoms with Crippen LogP contribution in [0.5, 0.6) is 0 Å². The number of halogens is 1. The summed E-state index contributed by atoms with van der Waals surface area (Å²) in [6, 6.07) is 2.10. The van der Waals surface area contributed by atoms with Gasteiger partial charge in [-0.25, -0.2) is 4.98 Å². The number of anilines is 1. The van der Waals surface area contributed by atoms with Crippen molar-refractivity contribution in [2.45, 2.75) is 32.6 Å². The summed E-state index contributed by atoms with van der Waals surface area (Å²) < 4.78 is 5.41. The Kier molecular flexibility index (Phi) is 5.06. The van der Waals surface area contributed by atoms with E-state index < -0.39 is 0 Å². The maximum Gasteiger partial charge on any atom is 0.133 e. The first-order chi connectivity index (χ1) is 9.11. The Labute approximate surface area is 120 Å². The van der Waals surface area contributed by atoms with Gasteiger partial charge in [-0.15, -0.1) is 11.6 Å². The van der Waals surface area contributed by atoms with E-state index in [0.717, 1.165) is 49.7 Å². The van der Waals surface area contributed by atoms with E-state index in [1.54, 1.807) is 0 Å². The van der Waals surface area contributed by atoms with E-state index in [-0.39, 0.29) is 0 Å². The SMILES string of the molecule is Cc1cc(C)c(CCl)c(N(C)CC2CCOCC2)n1. The molecule has 1 aromatic rings. The van der Waals surface area contributed by atoms with Crippen molar-refractivity contribution in [3.63, 3.8) is 0 Å². The Hall–Kier alpha value is -0.800. The normalized spacial score (nSPS) is 16.6. The standard InChI is InChI=1S/C15H23ClN2O/c1-11-8-12(2)17-15(14(11)9-16)18(3)10-13-4-6-19-7-5-13/h8,13H,4-7,9-10H2,1-3H3. The first-order valence-electron chi connectivity index (χ1n) is 6.93. The second kappa shape index (κ2) is 6.58. The molecule has 0 radical (unpaired) electrons. The van der Waals surface area contributed by atoms with E-state index in [1.165, 1.54) is 5.56 Å². The fourth-order valence-electron chi connectivity index (χ4n) is 2.73. The zero-order valence-corrected chi connectivity index (χ0v) is 12.8. The van der Waals surface area contributed by atoms with Crippen molar-refractivity contribution in [1.82, 2.24) is 4.98 Å². The van der Waals surface area contributed by atoms with Crippen molar-refractivity contribution in [2.75, 3.05) is 31.7 Å². The van der Waals surface area contributed by atoms with Crippen LogP contribution in [0.4, 0.5) is 5.82 Å². The van der Waals surface area contributed by atoms with E-state index in [4.69, 9.17) is 16.3 Å². The smallest absolute Gasteiger partial charge is 0.133 e. The van der Waals surface area contributed by atoms with Crippen LogP contribution >= 0.6 is 11.6 Å². The molecular formula is C15H23ClN2O. The Balaban J connectivity index is 2.15. The highest BCUT2D eigenvalue weighted by Gasteiger charge is 2.19. The summed E-state index contributed by atoms with van der Waals surface area (Å²) in [7, 11) is 2.12. The number of alkyl halides is 1. The van der Waals surface area contributed by atoms with Crippen LogP contribution in [0.2, 0.25) is 0 Å². The predicted molar refractivity (Wildman–Crippen MR) is 80.1 cm³/mol. The molecule has 1 aromatic heterocycles. The van der Waals surface area contributed by atoms with Crippen LogP contribution in [0.15, 0.2) is 6.07 Å². The topological polar surface area (TPSA) is 25.4 Å². The van der Waals surface area contributed by atoms with E-state index in [9.17, 15) is 0 Å². The summed E-state index contributed by atoms with van der Waals surface area (Å²) in [5.41, 5.74) is 3.44. The van der Waals surface area contributed by atoms with Crippen molar-refractivity contribution in [1.29, 1.82) is 0 Å². The molecule has 0 aliphatic carbocycles. The molecule has 0 bridgehead atoms. The maximum absolute atomic E-state index is 6.09. The monoisotopic (exact) mass is 282 g/mol. The van der Waals surface area contributed by atoms with Gasteiger partial charge in [0.25, 0.3) is 0 Å². The van der Waals surface area contributed by atoms with Gasteiger partial charge in [0.1, 0.15) is 5.82 Å². The largest absolute Gasteiger partial charge is 0.381 e. The van der Waals surface area contributed by atoms with Crippen molar-refractivity contribution in [2.24, 2.45) is 5.92 Å². The lowest BCUT2D eigenvalue weighted by Crippen LogP contribution is -2.31. The number of hydrogen-bond acceptors (Lipinski definition) is 3. The summed E-state index contributed by atoms with van der Waals surface area (Å²) >= 11 is 6.09. The summed E-state index contributed by atoms with van der Waals surface area (Å²) in [5.74, 6) is 2.26. The molecule has 106 valence electrons. The second-order valence-corrected chi connectivity index (χ2v) is 5.72. The molecule has 4 heteroatoms. The van der Waals surface area contributed by atoms with Crippen LogP contribution in [-0.4, -0.2) is 31.8 Å². The van der Waals surface area contributed by atoms with Crippen LogP contribution in [0.25, 0.3) is 0 Å². The van der Waals surface area contributed by atoms with Gasteiger partial charge in [-0.2, -0.15) is 0 Å². The summed E-state index contributed by atoms with van der Waals surface area (Å²) in [6.07, 6.45) is 2.29. The Morgan fingerprint density at radius 3 is 2.68 bits per heavy atom. The van der Waals surface area contributed by atoms with Gasteiger partial charge in [-0.05, 0) is 44.2 Å². The Bertz CT molecular complexity index is 430. The first kappa shape index (κ1) is 14.6. The van der Waals surface area contributed by atoms with Gasteiger partial charge < -0.3 is 9.64 Å². The molecular weight excluding hydrogens is 260 g/mol. The minimum atomic E-state index is 0.520. The summed E-state index contributed by atoms with van der Waals surface area (Å²) in [5, 5.41) is 0. The summed E-state index contributed by atoms with van der Waals surface area (Å²) in [4.78, 5) is 6.94. The zero-order chi connectivity index (χ0) is 13.8. The van der Waals surface area contributed by atoms with E-state index >= 15 is 0 Å². The molecule has 1 aliphatic heterocycles. The molecule has 0 saturated carbocycles. The van der Waals surface area contributed by atoms with Gasteiger partial charge in [-0.1, -0.05) is 0 Å². The molecule has 1 saturated heterocycles. The average molecular weight is 283 g/mol. The van der Waals surface area contributed by atoms with E-state index in [1.807, 2.05) is 6.92 Å². The van der Waals surface area contributed by atoms with Crippen LogP contribution in [-0.2, 0) is 10.6 Å². The highest BCUT2D eigenvalue weighted by atomic mass is 35.5. The van der Waals surface area contributed by atoms with Crippen LogP contribution < -0.4 is 4.90 Å². The van der Waals surface area contributed by atoms with Crippen molar-refractivity contribution in [3.8, 4) is 0 Å². The molecule has 2 rings (SSSR count). The number of pyridine rings is 1. The molecule has 19 heavy (non-hydrogen) atoms. The Morgan fingerprint density at radius 2 is 2.05 bits per heavy atom. The molecule has 0 unspecified atom stereocenters. The minimum absolute atomic E-state index is 0.520. The molecule has 0 aromatic carbocycles. The average Bonchev–Trinajstić information content (AvgIpc) is 2.39. The number of hydrogen-bond donors (Lipinski definition) is 0. The van der Waals surface area contributed by atoms with Crippen molar-refractivity contribution >= 4 is 17.4 Å². The lowest BCUT2D eigenvalue weighted by molar-refractivity contribution is 0.0685. The molecule has 1 fully saturated rings. The van der Waals surface area contributed by atoms with Gasteiger partial charge in [0.15, 0.2) is 0 Å². The third kappa shape index (κ3) is 3.61. The van der Waals surface area contributed by atoms with Crippen LogP contribution in [0.3, 0.4) is 0 Å². The number of aromatic nitrogens is 1. The zero-order valence-electron chi connectivity index (χ0n) is 12.1. The quantitative estimate of drug-likeness (QED) is 0.793.